The lowest BCUT2D eigenvalue weighted by Crippen LogP contribution is -2.30. The molecule has 1 aromatic heterocycles. The predicted molar refractivity (Wildman–Crippen MR) is 130 cm³/mol. The smallest absolute Gasteiger partial charge is 0.268 e. The van der Waals surface area contributed by atoms with E-state index in [1.807, 2.05) is 102 Å². The Labute approximate surface area is 192 Å². The monoisotopic (exact) mass is 440 g/mol. The fourth-order valence-corrected chi connectivity index (χ4v) is 4.13. The minimum absolute atomic E-state index is 0.0467. The zero-order chi connectivity index (χ0) is 22.2. The van der Waals surface area contributed by atoms with Crippen molar-refractivity contribution in [2.75, 3.05) is 4.90 Å². The number of hydrogen-bond acceptors (Lipinski definition) is 3. The summed E-state index contributed by atoms with van der Waals surface area (Å²) >= 11 is 1.43. The second-order valence-electron chi connectivity index (χ2n) is 7.46. The Hall–Kier alpha value is -3.70. The van der Waals surface area contributed by atoms with Crippen LogP contribution in [0.25, 0.3) is 0 Å². The van der Waals surface area contributed by atoms with Crippen molar-refractivity contribution in [2.45, 2.75) is 19.5 Å². The van der Waals surface area contributed by atoms with Gasteiger partial charge in [-0.15, -0.1) is 11.3 Å². The SMILES string of the molecule is O=C(Cc1cccc(N(Cc2ccccc2)C(=O)c2cccs2)c1)NCc1ccccc1. The van der Waals surface area contributed by atoms with E-state index in [2.05, 4.69) is 5.32 Å². The first-order valence-corrected chi connectivity index (χ1v) is 11.4. The summed E-state index contributed by atoms with van der Waals surface area (Å²) in [6, 6.07) is 31.1. The normalized spacial score (nSPS) is 10.5. The van der Waals surface area contributed by atoms with Gasteiger partial charge in [0.1, 0.15) is 0 Å². The molecule has 0 spiro atoms. The fraction of sp³-hybridized carbons (Fsp3) is 0.111. The van der Waals surface area contributed by atoms with Gasteiger partial charge in [-0.05, 0) is 40.3 Å². The summed E-state index contributed by atoms with van der Waals surface area (Å²) in [6.07, 6.45) is 0.257. The molecule has 0 saturated carbocycles. The first-order chi connectivity index (χ1) is 15.7. The summed E-state index contributed by atoms with van der Waals surface area (Å²) in [5, 5.41) is 4.87. The molecule has 4 nitrogen and oxygen atoms in total. The van der Waals surface area contributed by atoms with Gasteiger partial charge in [-0.25, -0.2) is 0 Å². The molecule has 5 heteroatoms. The number of amides is 2. The third-order valence-electron chi connectivity index (χ3n) is 5.08. The topological polar surface area (TPSA) is 49.4 Å². The maximum absolute atomic E-state index is 13.3. The molecule has 0 bridgehead atoms. The summed E-state index contributed by atoms with van der Waals surface area (Å²) in [4.78, 5) is 28.2. The van der Waals surface area contributed by atoms with Crippen LogP contribution < -0.4 is 10.2 Å². The highest BCUT2D eigenvalue weighted by molar-refractivity contribution is 7.12. The molecule has 4 rings (SSSR count). The maximum Gasteiger partial charge on any atom is 0.268 e. The van der Waals surface area contributed by atoms with E-state index >= 15 is 0 Å². The van der Waals surface area contributed by atoms with E-state index in [9.17, 15) is 9.59 Å². The van der Waals surface area contributed by atoms with Gasteiger partial charge in [0, 0.05) is 12.2 Å². The van der Waals surface area contributed by atoms with Crippen LogP contribution >= 0.6 is 11.3 Å². The van der Waals surface area contributed by atoms with E-state index in [0.717, 1.165) is 22.4 Å². The minimum atomic E-state index is -0.0507. The molecule has 0 unspecified atom stereocenters. The van der Waals surface area contributed by atoms with Crippen molar-refractivity contribution in [3.05, 3.63) is 124 Å². The molecule has 1 N–H and O–H groups in total. The van der Waals surface area contributed by atoms with Crippen molar-refractivity contribution in [1.29, 1.82) is 0 Å². The predicted octanol–water partition coefficient (Wildman–Crippen LogP) is 5.45. The Balaban J connectivity index is 1.51. The Morgan fingerprint density at radius 1 is 0.750 bits per heavy atom. The number of benzene rings is 3. The summed E-state index contributed by atoms with van der Waals surface area (Å²) < 4.78 is 0. The molecule has 0 aliphatic rings. The van der Waals surface area contributed by atoms with E-state index in [-0.39, 0.29) is 18.2 Å². The molecule has 0 aliphatic carbocycles. The summed E-state index contributed by atoms with van der Waals surface area (Å²) in [5.74, 6) is -0.0975. The van der Waals surface area contributed by atoms with Gasteiger partial charge in [-0.2, -0.15) is 0 Å². The lowest BCUT2D eigenvalue weighted by molar-refractivity contribution is -0.120. The van der Waals surface area contributed by atoms with Crippen LogP contribution in [-0.4, -0.2) is 11.8 Å². The van der Waals surface area contributed by atoms with Gasteiger partial charge in [0.05, 0.1) is 17.8 Å². The highest BCUT2D eigenvalue weighted by Gasteiger charge is 2.19. The van der Waals surface area contributed by atoms with Crippen molar-refractivity contribution in [2.24, 2.45) is 0 Å². The molecule has 32 heavy (non-hydrogen) atoms. The van der Waals surface area contributed by atoms with Crippen LogP contribution in [0.1, 0.15) is 26.4 Å². The van der Waals surface area contributed by atoms with E-state index in [0.29, 0.717) is 18.0 Å². The van der Waals surface area contributed by atoms with Gasteiger partial charge in [-0.1, -0.05) is 78.9 Å². The average molecular weight is 441 g/mol. The number of nitrogens with one attached hydrogen (secondary N) is 1. The Morgan fingerprint density at radius 2 is 1.44 bits per heavy atom. The molecule has 0 atom stereocenters. The standard InChI is InChI=1S/C27H24N2O2S/c30-26(28-19-21-9-3-1-4-10-21)18-23-13-7-14-24(17-23)29(20-22-11-5-2-6-12-22)27(31)25-15-8-16-32-25/h1-17H,18-20H2,(H,28,30). The molecule has 0 saturated heterocycles. The van der Waals surface area contributed by atoms with Crippen LogP contribution in [0, 0.1) is 0 Å². The fourth-order valence-electron chi connectivity index (χ4n) is 3.46. The van der Waals surface area contributed by atoms with Crippen molar-refractivity contribution in [1.82, 2.24) is 5.32 Å². The molecule has 0 aliphatic heterocycles. The molecule has 160 valence electrons. The highest BCUT2D eigenvalue weighted by atomic mass is 32.1. The van der Waals surface area contributed by atoms with Crippen molar-refractivity contribution < 1.29 is 9.59 Å². The molecule has 3 aromatic carbocycles. The van der Waals surface area contributed by atoms with E-state index < -0.39 is 0 Å². The summed E-state index contributed by atoms with van der Waals surface area (Å²) in [6.45, 7) is 0.956. The van der Waals surface area contributed by atoms with Gasteiger partial charge >= 0.3 is 0 Å². The highest BCUT2D eigenvalue weighted by Crippen LogP contribution is 2.23. The number of thiophene rings is 1. The molecule has 0 fully saturated rings. The number of rotatable bonds is 8. The van der Waals surface area contributed by atoms with E-state index in [1.54, 1.807) is 4.90 Å². The van der Waals surface area contributed by atoms with E-state index in [4.69, 9.17) is 0 Å². The summed E-state index contributed by atoms with van der Waals surface area (Å²) in [7, 11) is 0. The van der Waals surface area contributed by atoms with Gasteiger partial charge in [0.2, 0.25) is 5.91 Å². The Kier molecular flexibility index (Phi) is 7.10. The van der Waals surface area contributed by atoms with Gasteiger partial charge in [0.15, 0.2) is 0 Å². The van der Waals surface area contributed by atoms with Crippen LogP contribution in [0.3, 0.4) is 0 Å². The molecule has 2 amide bonds. The number of hydrogen-bond donors (Lipinski definition) is 1. The van der Waals surface area contributed by atoms with Gasteiger partial charge < -0.3 is 10.2 Å². The van der Waals surface area contributed by atoms with Crippen LogP contribution in [0.5, 0.6) is 0 Å². The van der Waals surface area contributed by atoms with Crippen molar-refractivity contribution in [3.63, 3.8) is 0 Å². The molecule has 1 heterocycles. The number of carbonyl (C=O) groups excluding carboxylic acids is 2. The number of anilines is 1. The third-order valence-corrected chi connectivity index (χ3v) is 5.94. The lowest BCUT2D eigenvalue weighted by Gasteiger charge is -2.23. The van der Waals surface area contributed by atoms with Gasteiger partial charge in [0.25, 0.3) is 5.91 Å². The lowest BCUT2D eigenvalue weighted by atomic mass is 10.1. The Bertz CT molecular complexity index is 1160. The largest absolute Gasteiger partial charge is 0.352 e. The zero-order valence-corrected chi connectivity index (χ0v) is 18.4. The number of nitrogens with zero attached hydrogens (tertiary/aromatic N) is 1. The van der Waals surface area contributed by atoms with Crippen molar-refractivity contribution in [3.8, 4) is 0 Å². The second-order valence-corrected chi connectivity index (χ2v) is 8.41. The molecular formula is C27H24N2O2S. The van der Waals surface area contributed by atoms with Gasteiger partial charge in [-0.3, -0.25) is 9.59 Å². The van der Waals surface area contributed by atoms with Crippen LogP contribution in [-0.2, 0) is 24.3 Å². The first kappa shape index (κ1) is 21.5. The molecule has 0 radical (unpaired) electrons. The molecular weight excluding hydrogens is 416 g/mol. The van der Waals surface area contributed by atoms with Crippen molar-refractivity contribution >= 4 is 28.8 Å². The van der Waals surface area contributed by atoms with Crippen LogP contribution in [0.15, 0.2) is 102 Å². The van der Waals surface area contributed by atoms with Crippen LogP contribution in [0.4, 0.5) is 5.69 Å². The third kappa shape index (κ3) is 5.71. The quantitative estimate of drug-likeness (QED) is 0.396. The second kappa shape index (κ2) is 10.6. The first-order valence-electron chi connectivity index (χ1n) is 10.5. The van der Waals surface area contributed by atoms with Crippen LogP contribution in [0.2, 0.25) is 0 Å². The summed E-state index contributed by atoms with van der Waals surface area (Å²) in [5.41, 5.74) is 3.75. The molecule has 4 aromatic rings. The number of carbonyl (C=O) groups is 2. The zero-order valence-electron chi connectivity index (χ0n) is 17.6. The maximum atomic E-state index is 13.3. The van der Waals surface area contributed by atoms with E-state index in [1.165, 1.54) is 11.3 Å². The Morgan fingerprint density at radius 3 is 2.12 bits per heavy atom. The minimum Gasteiger partial charge on any atom is -0.352 e. The average Bonchev–Trinajstić information content (AvgIpc) is 3.37.